The van der Waals surface area contributed by atoms with Crippen LogP contribution in [0.15, 0.2) is 54.9 Å². The number of hydrogen-bond donors (Lipinski definition) is 1. The van der Waals surface area contributed by atoms with Gasteiger partial charge < -0.3 is 5.32 Å². The van der Waals surface area contributed by atoms with E-state index in [-0.39, 0.29) is 5.91 Å². The average molecular weight is 294 g/mol. The van der Waals surface area contributed by atoms with Gasteiger partial charge in [0, 0.05) is 24.9 Å². The topological polar surface area (TPSA) is 42.0 Å². The lowest BCUT2D eigenvalue weighted by Gasteiger charge is -2.24. The highest BCUT2D eigenvalue weighted by atomic mass is 16.1. The van der Waals surface area contributed by atoms with Gasteiger partial charge in [0.05, 0.1) is 5.56 Å². The molecule has 1 fully saturated rings. The number of benzene rings is 1. The maximum atomic E-state index is 12.2. The van der Waals surface area contributed by atoms with Crippen molar-refractivity contribution in [1.82, 2.24) is 10.3 Å². The van der Waals surface area contributed by atoms with E-state index >= 15 is 0 Å². The van der Waals surface area contributed by atoms with Gasteiger partial charge in [-0.3, -0.25) is 9.78 Å². The van der Waals surface area contributed by atoms with Gasteiger partial charge in [-0.15, -0.1) is 0 Å². The molecule has 3 nitrogen and oxygen atoms in total. The van der Waals surface area contributed by atoms with E-state index in [1.807, 2.05) is 6.07 Å². The molecular formula is C19H22N2O. The second-order valence-electron chi connectivity index (χ2n) is 6.01. The van der Waals surface area contributed by atoms with Gasteiger partial charge in [-0.1, -0.05) is 43.2 Å². The van der Waals surface area contributed by atoms with Crippen LogP contribution in [0.25, 0.3) is 0 Å². The number of hydrogen-bond acceptors (Lipinski definition) is 2. The predicted molar refractivity (Wildman–Crippen MR) is 87.7 cm³/mol. The molecule has 1 heterocycles. The first-order valence-corrected chi connectivity index (χ1v) is 8.08. The Bertz CT molecular complexity index is 591. The number of rotatable bonds is 5. The second-order valence-corrected chi connectivity index (χ2v) is 6.01. The summed E-state index contributed by atoms with van der Waals surface area (Å²) in [6.07, 6.45) is 8.45. The zero-order chi connectivity index (χ0) is 15.2. The monoisotopic (exact) mass is 294 g/mol. The quantitative estimate of drug-likeness (QED) is 0.911. The molecule has 0 saturated heterocycles. The fourth-order valence-corrected chi connectivity index (χ4v) is 3.42. The first kappa shape index (κ1) is 14.8. The molecule has 0 aliphatic heterocycles. The van der Waals surface area contributed by atoms with Crippen molar-refractivity contribution in [1.29, 1.82) is 0 Å². The molecule has 3 rings (SSSR count). The molecule has 1 N–H and O–H groups in total. The number of nitrogens with zero attached hydrogens (tertiary/aromatic N) is 1. The van der Waals surface area contributed by atoms with Crippen LogP contribution >= 0.6 is 0 Å². The van der Waals surface area contributed by atoms with Crippen LogP contribution in [0.1, 0.15) is 47.5 Å². The number of nitrogens with one attached hydrogen (secondary N) is 1. The third-order valence-electron chi connectivity index (χ3n) is 4.60. The van der Waals surface area contributed by atoms with E-state index in [2.05, 4.69) is 34.6 Å². The van der Waals surface area contributed by atoms with Crippen molar-refractivity contribution in [3.05, 3.63) is 66.0 Å². The first-order chi connectivity index (χ1) is 10.8. The van der Waals surface area contributed by atoms with Crippen LogP contribution in [-0.4, -0.2) is 17.4 Å². The minimum Gasteiger partial charge on any atom is -0.351 e. The summed E-state index contributed by atoms with van der Waals surface area (Å²) in [5.41, 5.74) is 1.96. The molecule has 2 aromatic rings. The summed E-state index contributed by atoms with van der Waals surface area (Å²) in [4.78, 5) is 16.3. The molecule has 1 aliphatic carbocycles. The van der Waals surface area contributed by atoms with Crippen LogP contribution in [0, 0.1) is 5.92 Å². The van der Waals surface area contributed by atoms with Crippen molar-refractivity contribution in [2.75, 3.05) is 6.54 Å². The summed E-state index contributed by atoms with van der Waals surface area (Å²) < 4.78 is 0. The standard InChI is InChI=1S/C19H22N2O/c22-19(17-11-6-12-20-13-17)21-14-18(16-9-4-5-10-16)15-7-2-1-3-8-15/h1-3,6-8,11-13,16,18H,4-5,9-10,14H2,(H,21,22)/t18-/m0/s1. The molecule has 1 aromatic heterocycles. The summed E-state index contributed by atoms with van der Waals surface area (Å²) in [5, 5.41) is 3.10. The predicted octanol–water partition coefficient (Wildman–Crippen LogP) is 3.79. The molecule has 114 valence electrons. The summed E-state index contributed by atoms with van der Waals surface area (Å²) in [7, 11) is 0. The third-order valence-corrected chi connectivity index (χ3v) is 4.60. The first-order valence-electron chi connectivity index (χ1n) is 8.08. The normalized spacial score (nSPS) is 16.4. The molecule has 1 aliphatic rings. The number of pyridine rings is 1. The molecule has 1 saturated carbocycles. The zero-order valence-electron chi connectivity index (χ0n) is 12.7. The summed E-state index contributed by atoms with van der Waals surface area (Å²) in [5.74, 6) is 1.05. The van der Waals surface area contributed by atoms with Crippen LogP contribution < -0.4 is 5.32 Å². The Kier molecular flexibility index (Phi) is 4.84. The van der Waals surface area contributed by atoms with Crippen molar-refractivity contribution in [2.24, 2.45) is 5.92 Å². The molecule has 3 heteroatoms. The van der Waals surface area contributed by atoms with Crippen LogP contribution in [0.3, 0.4) is 0 Å². The lowest BCUT2D eigenvalue weighted by Crippen LogP contribution is -2.31. The lowest BCUT2D eigenvalue weighted by molar-refractivity contribution is 0.0948. The molecule has 0 spiro atoms. The maximum absolute atomic E-state index is 12.2. The molecule has 0 bridgehead atoms. The fourth-order valence-electron chi connectivity index (χ4n) is 3.42. The van der Waals surface area contributed by atoms with Crippen molar-refractivity contribution in [3.63, 3.8) is 0 Å². The Balaban J connectivity index is 1.69. The highest BCUT2D eigenvalue weighted by molar-refractivity contribution is 5.93. The van der Waals surface area contributed by atoms with Gasteiger partial charge in [-0.05, 0) is 36.5 Å². The Morgan fingerprint density at radius 1 is 1.14 bits per heavy atom. The lowest BCUT2D eigenvalue weighted by atomic mass is 9.85. The second kappa shape index (κ2) is 7.21. The van der Waals surface area contributed by atoms with Crippen molar-refractivity contribution < 1.29 is 4.79 Å². The van der Waals surface area contributed by atoms with Crippen LogP contribution in [0.4, 0.5) is 0 Å². The number of aromatic nitrogens is 1. The van der Waals surface area contributed by atoms with E-state index in [1.54, 1.807) is 24.5 Å². The van der Waals surface area contributed by atoms with E-state index in [0.717, 1.165) is 0 Å². The molecule has 1 amide bonds. The Labute approximate surface area is 131 Å². The third kappa shape index (κ3) is 3.53. The average Bonchev–Trinajstić information content (AvgIpc) is 3.11. The van der Waals surface area contributed by atoms with Gasteiger partial charge >= 0.3 is 0 Å². The Morgan fingerprint density at radius 3 is 2.59 bits per heavy atom. The molecular weight excluding hydrogens is 272 g/mol. The number of carbonyl (C=O) groups excluding carboxylic acids is 1. The van der Waals surface area contributed by atoms with E-state index in [1.165, 1.54) is 31.2 Å². The Morgan fingerprint density at radius 2 is 1.91 bits per heavy atom. The largest absolute Gasteiger partial charge is 0.351 e. The van der Waals surface area contributed by atoms with E-state index in [4.69, 9.17) is 0 Å². The van der Waals surface area contributed by atoms with Crippen molar-refractivity contribution in [2.45, 2.75) is 31.6 Å². The highest BCUT2D eigenvalue weighted by Gasteiger charge is 2.26. The van der Waals surface area contributed by atoms with Gasteiger partial charge in [0.25, 0.3) is 5.91 Å². The maximum Gasteiger partial charge on any atom is 0.252 e. The van der Waals surface area contributed by atoms with E-state index in [9.17, 15) is 4.79 Å². The Hall–Kier alpha value is -2.16. The molecule has 0 radical (unpaired) electrons. The SMILES string of the molecule is O=C(NC[C@@H](c1ccccc1)C1CCCC1)c1cccnc1. The molecule has 1 atom stereocenters. The van der Waals surface area contributed by atoms with E-state index < -0.39 is 0 Å². The van der Waals surface area contributed by atoms with Gasteiger partial charge in [-0.2, -0.15) is 0 Å². The van der Waals surface area contributed by atoms with Gasteiger partial charge in [0.15, 0.2) is 0 Å². The molecule has 0 unspecified atom stereocenters. The van der Waals surface area contributed by atoms with Gasteiger partial charge in [0.1, 0.15) is 0 Å². The molecule has 22 heavy (non-hydrogen) atoms. The van der Waals surface area contributed by atoms with Gasteiger partial charge in [-0.25, -0.2) is 0 Å². The minimum atomic E-state index is -0.0352. The smallest absolute Gasteiger partial charge is 0.252 e. The highest BCUT2D eigenvalue weighted by Crippen LogP contribution is 2.36. The van der Waals surface area contributed by atoms with Crippen LogP contribution in [0.5, 0.6) is 0 Å². The van der Waals surface area contributed by atoms with Gasteiger partial charge in [0.2, 0.25) is 0 Å². The summed E-state index contributed by atoms with van der Waals surface area (Å²) in [6, 6.07) is 14.2. The minimum absolute atomic E-state index is 0.0352. The number of carbonyl (C=O) groups is 1. The van der Waals surface area contributed by atoms with E-state index in [0.29, 0.717) is 23.9 Å². The summed E-state index contributed by atoms with van der Waals surface area (Å²) in [6.45, 7) is 0.697. The summed E-state index contributed by atoms with van der Waals surface area (Å²) >= 11 is 0. The fraction of sp³-hybridized carbons (Fsp3) is 0.368. The van der Waals surface area contributed by atoms with Crippen molar-refractivity contribution in [3.8, 4) is 0 Å². The van der Waals surface area contributed by atoms with Crippen LogP contribution in [-0.2, 0) is 0 Å². The zero-order valence-corrected chi connectivity index (χ0v) is 12.7. The molecule has 1 aromatic carbocycles. The van der Waals surface area contributed by atoms with Crippen LogP contribution in [0.2, 0.25) is 0 Å². The number of amides is 1. The van der Waals surface area contributed by atoms with Crippen molar-refractivity contribution >= 4 is 5.91 Å².